The Balaban J connectivity index is 1.52. The standard InChI is InChI=1S/C29H17ClO8/c30-15-7-5-14(6-8-15)19-13-36-28-25-18(11-24(32)38-23(25)12-20(31)26(28)27(19)33)22-10-9-21(37-22)16-3-1-2-4-17(16)29(34)35/h1-10,12-13,18,31H,11H2,(H,34,35)/t18-/m1/s1. The zero-order valence-electron chi connectivity index (χ0n) is 19.4. The molecular weight excluding hydrogens is 512 g/mol. The first kappa shape index (κ1) is 23.6. The second kappa shape index (κ2) is 8.93. The second-order valence-corrected chi connectivity index (χ2v) is 9.22. The van der Waals surface area contributed by atoms with Gasteiger partial charge in [0.2, 0.25) is 5.43 Å². The Hall–Kier alpha value is -4.82. The topological polar surface area (TPSA) is 127 Å². The third-order valence-corrected chi connectivity index (χ3v) is 6.77. The normalized spacial score (nSPS) is 14.8. The van der Waals surface area contributed by atoms with Crippen molar-refractivity contribution in [3.05, 3.63) is 105 Å². The predicted molar refractivity (Wildman–Crippen MR) is 138 cm³/mol. The number of benzene rings is 3. The van der Waals surface area contributed by atoms with Gasteiger partial charge in [-0.15, -0.1) is 0 Å². The third-order valence-electron chi connectivity index (χ3n) is 6.52. The highest BCUT2D eigenvalue weighted by molar-refractivity contribution is 6.30. The van der Waals surface area contributed by atoms with Gasteiger partial charge in [0, 0.05) is 22.2 Å². The summed E-state index contributed by atoms with van der Waals surface area (Å²) in [6, 6.07) is 17.5. The van der Waals surface area contributed by atoms with Crippen molar-refractivity contribution in [2.75, 3.05) is 0 Å². The van der Waals surface area contributed by atoms with Crippen LogP contribution in [0.5, 0.6) is 11.5 Å². The van der Waals surface area contributed by atoms with Crippen LogP contribution in [0.4, 0.5) is 0 Å². The average molecular weight is 529 g/mol. The lowest BCUT2D eigenvalue weighted by atomic mass is 9.88. The Bertz CT molecular complexity index is 1810. The molecule has 1 aliphatic rings. The molecule has 5 aromatic rings. The van der Waals surface area contributed by atoms with Crippen molar-refractivity contribution >= 4 is 34.5 Å². The highest BCUT2D eigenvalue weighted by atomic mass is 35.5. The zero-order valence-corrected chi connectivity index (χ0v) is 20.2. The number of aromatic hydroxyl groups is 1. The van der Waals surface area contributed by atoms with Crippen molar-refractivity contribution in [3.8, 4) is 33.9 Å². The van der Waals surface area contributed by atoms with Crippen LogP contribution in [-0.4, -0.2) is 22.2 Å². The van der Waals surface area contributed by atoms with Crippen molar-refractivity contribution < 1.29 is 33.4 Å². The number of halogens is 1. The van der Waals surface area contributed by atoms with E-state index < -0.39 is 29.0 Å². The van der Waals surface area contributed by atoms with Crippen molar-refractivity contribution in [3.63, 3.8) is 0 Å². The molecule has 0 saturated heterocycles. The second-order valence-electron chi connectivity index (χ2n) is 8.78. The van der Waals surface area contributed by atoms with E-state index in [2.05, 4.69) is 0 Å². The molecule has 0 fully saturated rings. The van der Waals surface area contributed by atoms with Gasteiger partial charge in [-0.05, 0) is 35.9 Å². The highest BCUT2D eigenvalue weighted by Crippen LogP contribution is 2.46. The lowest BCUT2D eigenvalue weighted by molar-refractivity contribution is -0.135. The number of carbonyl (C=O) groups is 2. The Morgan fingerprint density at radius 1 is 0.974 bits per heavy atom. The van der Waals surface area contributed by atoms with Crippen LogP contribution in [0, 0.1) is 0 Å². The first-order valence-corrected chi connectivity index (χ1v) is 11.9. The molecule has 3 heterocycles. The van der Waals surface area contributed by atoms with Crippen molar-refractivity contribution in [2.24, 2.45) is 0 Å². The van der Waals surface area contributed by atoms with E-state index >= 15 is 0 Å². The minimum absolute atomic E-state index is 0.0440. The first-order chi connectivity index (χ1) is 18.3. The molecule has 0 bridgehead atoms. The van der Waals surface area contributed by atoms with E-state index in [1.165, 1.54) is 18.4 Å². The minimum Gasteiger partial charge on any atom is -0.507 e. The van der Waals surface area contributed by atoms with Crippen LogP contribution in [0.1, 0.15) is 34.0 Å². The molecule has 8 nitrogen and oxygen atoms in total. The van der Waals surface area contributed by atoms with Crippen LogP contribution >= 0.6 is 11.6 Å². The monoisotopic (exact) mass is 528 g/mol. The number of carboxylic acid groups (broad SMARTS) is 1. The molecule has 0 unspecified atom stereocenters. The molecule has 6 rings (SSSR count). The molecule has 1 atom stereocenters. The molecule has 188 valence electrons. The van der Waals surface area contributed by atoms with E-state index in [4.69, 9.17) is 25.2 Å². The molecule has 0 amide bonds. The summed E-state index contributed by atoms with van der Waals surface area (Å²) in [5, 5.41) is 20.7. The maximum atomic E-state index is 13.5. The number of aromatic carboxylic acids is 1. The van der Waals surface area contributed by atoms with Gasteiger partial charge in [0.15, 0.2) is 0 Å². The van der Waals surface area contributed by atoms with E-state index in [1.54, 1.807) is 54.6 Å². The number of phenols is 1. The molecular formula is C29H17ClO8. The number of fused-ring (bicyclic) bond motifs is 3. The van der Waals surface area contributed by atoms with Gasteiger partial charge in [0.25, 0.3) is 0 Å². The number of phenolic OH excluding ortho intramolecular Hbond substituents is 1. The molecule has 9 heteroatoms. The fraction of sp³-hybridized carbons (Fsp3) is 0.0690. The van der Waals surface area contributed by atoms with E-state index in [9.17, 15) is 24.6 Å². The number of rotatable bonds is 4. The van der Waals surface area contributed by atoms with Gasteiger partial charge < -0.3 is 23.8 Å². The minimum atomic E-state index is -1.11. The fourth-order valence-electron chi connectivity index (χ4n) is 4.77. The third kappa shape index (κ3) is 3.82. The van der Waals surface area contributed by atoms with Crippen molar-refractivity contribution in [1.29, 1.82) is 0 Å². The lowest BCUT2D eigenvalue weighted by Crippen LogP contribution is -2.21. The van der Waals surface area contributed by atoms with Crippen LogP contribution in [-0.2, 0) is 4.79 Å². The Labute approximate surface area is 219 Å². The number of ether oxygens (including phenoxy) is 1. The SMILES string of the molecule is O=C1C[C@H](c2ccc(-c3ccccc3C(=O)O)o2)c2c(cc(O)c3c(=O)c(-c4ccc(Cl)cc4)coc23)O1. The van der Waals surface area contributed by atoms with E-state index in [1.807, 2.05) is 0 Å². The molecule has 3 aromatic carbocycles. The maximum absolute atomic E-state index is 13.5. The summed E-state index contributed by atoms with van der Waals surface area (Å²) < 4.78 is 17.4. The van der Waals surface area contributed by atoms with Crippen LogP contribution in [0.25, 0.3) is 33.4 Å². The zero-order chi connectivity index (χ0) is 26.6. The maximum Gasteiger partial charge on any atom is 0.336 e. The summed E-state index contributed by atoms with van der Waals surface area (Å²) in [5.41, 5.74) is 1.17. The number of carbonyl (C=O) groups excluding carboxylic acids is 1. The number of esters is 1. The predicted octanol–water partition coefficient (Wildman–Crippen LogP) is 6.22. The lowest BCUT2D eigenvalue weighted by Gasteiger charge is -2.24. The largest absolute Gasteiger partial charge is 0.507 e. The van der Waals surface area contributed by atoms with Gasteiger partial charge in [0.05, 0.1) is 23.5 Å². The number of hydrogen-bond donors (Lipinski definition) is 2. The van der Waals surface area contributed by atoms with Gasteiger partial charge in [-0.25, -0.2) is 4.79 Å². The number of furan rings is 1. The van der Waals surface area contributed by atoms with Gasteiger partial charge in [0.1, 0.15) is 40.3 Å². The van der Waals surface area contributed by atoms with Gasteiger partial charge in [-0.1, -0.05) is 41.9 Å². The Kier molecular flexibility index (Phi) is 5.54. The van der Waals surface area contributed by atoms with Crippen molar-refractivity contribution in [2.45, 2.75) is 12.3 Å². The van der Waals surface area contributed by atoms with E-state index in [0.717, 1.165) is 0 Å². The fourth-order valence-corrected chi connectivity index (χ4v) is 4.90. The number of hydrogen-bond acceptors (Lipinski definition) is 7. The molecule has 0 saturated carbocycles. The molecule has 0 radical (unpaired) electrons. The molecule has 2 N–H and O–H groups in total. The molecule has 0 spiro atoms. The summed E-state index contributed by atoms with van der Waals surface area (Å²) in [5.74, 6) is -2.10. The summed E-state index contributed by atoms with van der Waals surface area (Å²) in [6.45, 7) is 0. The molecule has 2 aromatic heterocycles. The van der Waals surface area contributed by atoms with Crippen molar-refractivity contribution in [1.82, 2.24) is 0 Å². The van der Waals surface area contributed by atoms with Crippen LogP contribution in [0.3, 0.4) is 0 Å². The van der Waals surface area contributed by atoms with E-state index in [0.29, 0.717) is 33.2 Å². The average Bonchev–Trinajstić information content (AvgIpc) is 3.39. The molecule has 38 heavy (non-hydrogen) atoms. The van der Waals surface area contributed by atoms with Gasteiger partial charge in [-0.2, -0.15) is 0 Å². The molecule has 1 aliphatic heterocycles. The smallest absolute Gasteiger partial charge is 0.336 e. The van der Waals surface area contributed by atoms with E-state index in [-0.39, 0.29) is 34.3 Å². The summed E-state index contributed by atoms with van der Waals surface area (Å²) >= 11 is 5.97. The first-order valence-electron chi connectivity index (χ1n) is 11.5. The van der Waals surface area contributed by atoms with Crippen LogP contribution in [0.2, 0.25) is 5.02 Å². The quantitative estimate of drug-likeness (QED) is 0.208. The van der Waals surface area contributed by atoms with Crippen LogP contribution in [0.15, 0.2) is 86.6 Å². The molecule has 0 aliphatic carbocycles. The Morgan fingerprint density at radius 3 is 2.50 bits per heavy atom. The Morgan fingerprint density at radius 2 is 1.74 bits per heavy atom. The number of carboxylic acids is 1. The van der Waals surface area contributed by atoms with Gasteiger partial charge in [-0.3, -0.25) is 9.59 Å². The summed E-state index contributed by atoms with van der Waals surface area (Å²) in [6.07, 6.45) is 1.17. The summed E-state index contributed by atoms with van der Waals surface area (Å²) in [4.78, 5) is 37.7. The van der Waals surface area contributed by atoms with Gasteiger partial charge >= 0.3 is 11.9 Å². The highest BCUT2D eigenvalue weighted by Gasteiger charge is 2.35. The van der Waals surface area contributed by atoms with Crippen LogP contribution < -0.4 is 10.2 Å². The summed E-state index contributed by atoms with van der Waals surface area (Å²) in [7, 11) is 0.